The van der Waals surface area contributed by atoms with Gasteiger partial charge in [-0.25, -0.2) is 4.39 Å². The Morgan fingerprint density at radius 1 is 1.10 bits per heavy atom. The molecule has 0 aliphatic carbocycles. The minimum Gasteiger partial charge on any atom is -0.379 e. The Morgan fingerprint density at radius 3 is 2.35 bits per heavy atom. The van der Waals surface area contributed by atoms with Gasteiger partial charge in [-0.15, -0.1) is 0 Å². The first-order chi connectivity index (χ1) is 9.64. The third-order valence-corrected chi connectivity index (χ3v) is 4.22. The van der Waals surface area contributed by atoms with Crippen LogP contribution in [0.2, 0.25) is 0 Å². The molecule has 1 saturated heterocycles. The third-order valence-electron chi connectivity index (χ3n) is 4.22. The zero-order valence-electron chi connectivity index (χ0n) is 13.6. The second kappa shape index (κ2) is 10.6. The van der Waals surface area contributed by atoms with Crippen LogP contribution >= 0.6 is 0 Å². The minimum atomic E-state index is -1.04. The van der Waals surface area contributed by atoms with Crippen molar-refractivity contribution < 1.29 is 9.13 Å². The first kappa shape index (κ1) is 17.9. The molecule has 0 radical (unpaired) electrons. The van der Waals surface area contributed by atoms with Crippen molar-refractivity contribution in [2.45, 2.75) is 89.8 Å². The van der Waals surface area contributed by atoms with Gasteiger partial charge < -0.3 is 10.1 Å². The topological polar surface area (TPSA) is 21.3 Å². The van der Waals surface area contributed by atoms with Gasteiger partial charge >= 0.3 is 0 Å². The van der Waals surface area contributed by atoms with Crippen molar-refractivity contribution in [2.24, 2.45) is 0 Å². The number of hydrogen-bond acceptors (Lipinski definition) is 2. The summed E-state index contributed by atoms with van der Waals surface area (Å²) in [6.07, 6.45) is 11.5. The van der Waals surface area contributed by atoms with Crippen LogP contribution in [0.4, 0.5) is 4.39 Å². The van der Waals surface area contributed by atoms with Crippen LogP contribution in [0.5, 0.6) is 0 Å². The SMILES string of the molecule is CCCCCCCCCCC(C)(F)CC1COCCN1. The van der Waals surface area contributed by atoms with Crippen LogP contribution < -0.4 is 5.32 Å². The average Bonchev–Trinajstić information content (AvgIpc) is 2.42. The molecule has 1 fully saturated rings. The maximum absolute atomic E-state index is 14.5. The molecule has 2 unspecified atom stereocenters. The Kier molecular flexibility index (Phi) is 9.45. The summed E-state index contributed by atoms with van der Waals surface area (Å²) < 4.78 is 19.8. The van der Waals surface area contributed by atoms with Gasteiger partial charge in [-0.1, -0.05) is 58.3 Å². The van der Waals surface area contributed by atoms with Crippen molar-refractivity contribution in [1.82, 2.24) is 5.32 Å². The van der Waals surface area contributed by atoms with Crippen molar-refractivity contribution in [2.75, 3.05) is 19.8 Å². The van der Waals surface area contributed by atoms with E-state index in [1.54, 1.807) is 6.92 Å². The molecule has 1 N–H and O–H groups in total. The molecule has 1 heterocycles. The molecule has 2 nitrogen and oxygen atoms in total. The van der Waals surface area contributed by atoms with E-state index in [4.69, 9.17) is 4.74 Å². The standard InChI is InChI=1S/C17H34FNO/c1-3-4-5-6-7-8-9-10-11-17(2,18)14-16-15-20-13-12-19-16/h16,19H,3-15H2,1-2H3. The molecular weight excluding hydrogens is 253 g/mol. The van der Waals surface area contributed by atoms with Crippen LogP contribution in [0, 0.1) is 0 Å². The maximum Gasteiger partial charge on any atom is 0.109 e. The predicted octanol–water partition coefficient (Wildman–Crippen LogP) is 4.62. The van der Waals surface area contributed by atoms with Crippen LogP contribution in [0.1, 0.15) is 78.1 Å². The van der Waals surface area contributed by atoms with Gasteiger partial charge in [0, 0.05) is 12.6 Å². The normalized spacial score (nSPS) is 22.6. The summed E-state index contributed by atoms with van der Waals surface area (Å²) in [5, 5.41) is 3.34. The fourth-order valence-corrected chi connectivity index (χ4v) is 2.99. The lowest BCUT2D eigenvalue weighted by Crippen LogP contribution is -2.44. The first-order valence-electron chi connectivity index (χ1n) is 8.64. The Labute approximate surface area is 124 Å². The smallest absolute Gasteiger partial charge is 0.109 e. The summed E-state index contributed by atoms with van der Waals surface area (Å²) in [4.78, 5) is 0. The molecule has 2 atom stereocenters. The molecule has 0 spiro atoms. The number of morpholine rings is 1. The molecule has 3 heteroatoms. The highest BCUT2D eigenvalue weighted by atomic mass is 19.1. The molecule has 0 saturated carbocycles. The quantitative estimate of drug-likeness (QED) is 0.560. The monoisotopic (exact) mass is 287 g/mol. The Balaban J connectivity index is 1.98. The van der Waals surface area contributed by atoms with E-state index in [-0.39, 0.29) is 6.04 Å². The Hall–Kier alpha value is -0.150. The highest BCUT2D eigenvalue weighted by Crippen LogP contribution is 2.26. The van der Waals surface area contributed by atoms with Crippen molar-refractivity contribution in [3.63, 3.8) is 0 Å². The molecular formula is C17H34FNO. The van der Waals surface area contributed by atoms with Crippen molar-refractivity contribution in [3.8, 4) is 0 Å². The van der Waals surface area contributed by atoms with Crippen molar-refractivity contribution >= 4 is 0 Å². The molecule has 0 bridgehead atoms. The second-order valence-electron chi connectivity index (χ2n) is 6.57. The largest absolute Gasteiger partial charge is 0.379 e. The highest BCUT2D eigenvalue weighted by Gasteiger charge is 2.28. The summed E-state index contributed by atoms with van der Waals surface area (Å²) in [6.45, 7) is 6.28. The zero-order valence-corrected chi connectivity index (χ0v) is 13.6. The van der Waals surface area contributed by atoms with E-state index < -0.39 is 5.67 Å². The van der Waals surface area contributed by atoms with Gasteiger partial charge in [0.05, 0.1) is 13.2 Å². The van der Waals surface area contributed by atoms with Crippen LogP contribution in [0.15, 0.2) is 0 Å². The fraction of sp³-hybridized carbons (Fsp3) is 1.00. The summed E-state index contributed by atoms with van der Waals surface area (Å²) in [5.74, 6) is 0. The van der Waals surface area contributed by atoms with Crippen molar-refractivity contribution in [1.29, 1.82) is 0 Å². The number of unbranched alkanes of at least 4 members (excludes halogenated alkanes) is 7. The van der Waals surface area contributed by atoms with Gasteiger partial charge in [-0.2, -0.15) is 0 Å². The highest BCUT2D eigenvalue weighted by molar-refractivity contribution is 4.82. The van der Waals surface area contributed by atoms with Gasteiger partial charge in [-0.05, 0) is 19.8 Å². The van der Waals surface area contributed by atoms with Crippen LogP contribution in [0.3, 0.4) is 0 Å². The number of hydrogen-bond donors (Lipinski definition) is 1. The number of ether oxygens (including phenoxy) is 1. The molecule has 0 amide bonds. The maximum atomic E-state index is 14.5. The number of alkyl halides is 1. The zero-order chi connectivity index (χ0) is 14.7. The molecule has 1 aliphatic heterocycles. The molecule has 1 rings (SSSR count). The first-order valence-corrected chi connectivity index (χ1v) is 8.64. The van der Waals surface area contributed by atoms with E-state index >= 15 is 0 Å². The molecule has 0 aromatic heterocycles. The molecule has 120 valence electrons. The summed E-state index contributed by atoms with van der Waals surface area (Å²) in [5.41, 5.74) is -1.04. The molecule has 1 aliphatic rings. The van der Waals surface area contributed by atoms with E-state index in [0.29, 0.717) is 19.4 Å². The Morgan fingerprint density at radius 2 is 1.75 bits per heavy atom. The van der Waals surface area contributed by atoms with E-state index in [1.165, 1.54) is 44.9 Å². The van der Waals surface area contributed by atoms with Gasteiger partial charge in [-0.3, -0.25) is 0 Å². The number of rotatable bonds is 11. The summed E-state index contributed by atoms with van der Waals surface area (Å²) in [7, 11) is 0. The van der Waals surface area contributed by atoms with E-state index in [9.17, 15) is 4.39 Å². The second-order valence-corrected chi connectivity index (χ2v) is 6.57. The van der Waals surface area contributed by atoms with Crippen LogP contribution in [0.25, 0.3) is 0 Å². The van der Waals surface area contributed by atoms with E-state index in [0.717, 1.165) is 19.6 Å². The van der Waals surface area contributed by atoms with E-state index in [1.807, 2.05) is 0 Å². The number of nitrogens with one attached hydrogen (secondary N) is 1. The lowest BCUT2D eigenvalue weighted by atomic mass is 9.92. The summed E-state index contributed by atoms with van der Waals surface area (Å²) >= 11 is 0. The fourth-order valence-electron chi connectivity index (χ4n) is 2.99. The molecule has 0 aromatic rings. The molecule has 0 aromatic carbocycles. The third kappa shape index (κ3) is 8.91. The van der Waals surface area contributed by atoms with Gasteiger partial charge in [0.1, 0.15) is 5.67 Å². The lowest BCUT2D eigenvalue weighted by molar-refractivity contribution is 0.0451. The Bertz CT molecular complexity index is 227. The van der Waals surface area contributed by atoms with E-state index in [2.05, 4.69) is 12.2 Å². The molecule has 20 heavy (non-hydrogen) atoms. The average molecular weight is 287 g/mol. The predicted molar refractivity (Wildman–Crippen MR) is 84.0 cm³/mol. The summed E-state index contributed by atoms with van der Waals surface area (Å²) in [6, 6.07) is 0.202. The van der Waals surface area contributed by atoms with Gasteiger partial charge in [0.25, 0.3) is 0 Å². The van der Waals surface area contributed by atoms with Crippen LogP contribution in [-0.4, -0.2) is 31.5 Å². The van der Waals surface area contributed by atoms with Crippen molar-refractivity contribution in [3.05, 3.63) is 0 Å². The van der Waals surface area contributed by atoms with Gasteiger partial charge in [0.2, 0.25) is 0 Å². The van der Waals surface area contributed by atoms with Gasteiger partial charge in [0.15, 0.2) is 0 Å². The van der Waals surface area contributed by atoms with Crippen LogP contribution in [-0.2, 0) is 4.74 Å². The number of halogens is 1. The minimum absolute atomic E-state index is 0.202. The lowest BCUT2D eigenvalue weighted by Gasteiger charge is -2.30.